The summed E-state index contributed by atoms with van der Waals surface area (Å²) >= 11 is 0. The minimum atomic E-state index is -0.974. The number of nitrogens with zero attached hydrogens (tertiary/aromatic N) is 1. The van der Waals surface area contributed by atoms with Gasteiger partial charge >= 0.3 is 12.0 Å². The third-order valence-corrected chi connectivity index (χ3v) is 6.02. The molecule has 3 rings (SSSR count). The number of esters is 1. The Morgan fingerprint density at radius 3 is 2.45 bits per heavy atom. The molecule has 168 valence electrons. The van der Waals surface area contributed by atoms with Gasteiger partial charge in [-0.05, 0) is 55.6 Å². The zero-order valence-corrected chi connectivity index (χ0v) is 18.8. The largest absolute Gasteiger partial charge is 0.454 e. The fraction of sp³-hybridized carbons (Fsp3) is 0.565. The molecule has 1 aromatic carbocycles. The van der Waals surface area contributed by atoms with Gasteiger partial charge in [0.2, 0.25) is 0 Å². The number of anilines is 1. The molecule has 4 amide bonds. The van der Waals surface area contributed by atoms with Crippen LogP contribution >= 0.6 is 0 Å². The van der Waals surface area contributed by atoms with Gasteiger partial charge in [0.1, 0.15) is 12.1 Å². The Bertz CT molecular complexity index is 906. The van der Waals surface area contributed by atoms with E-state index in [9.17, 15) is 19.2 Å². The number of rotatable bonds is 5. The maximum absolute atomic E-state index is 13.1. The average molecular weight is 430 g/mol. The molecule has 0 bridgehead atoms. The number of benzene rings is 1. The van der Waals surface area contributed by atoms with E-state index in [1.807, 2.05) is 32.0 Å². The highest BCUT2D eigenvalue weighted by atomic mass is 16.5. The van der Waals surface area contributed by atoms with Crippen molar-refractivity contribution in [2.45, 2.75) is 59.4 Å². The number of carbonyl (C=O) groups excluding carboxylic acids is 4. The summed E-state index contributed by atoms with van der Waals surface area (Å²) in [6.07, 6.45) is 2.04. The van der Waals surface area contributed by atoms with Gasteiger partial charge in [-0.25, -0.2) is 4.79 Å². The van der Waals surface area contributed by atoms with E-state index in [1.54, 1.807) is 0 Å². The highest BCUT2D eigenvalue weighted by Gasteiger charge is 2.56. The molecule has 2 fully saturated rings. The summed E-state index contributed by atoms with van der Waals surface area (Å²) in [5.74, 6) is -1.41. The van der Waals surface area contributed by atoms with Gasteiger partial charge in [0, 0.05) is 5.69 Å². The van der Waals surface area contributed by atoms with Crippen molar-refractivity contribution in [1.29, 1.82) is 0 Å². The quantitative estimate of drug-likeness (QED) is 0.553. The van der Waals surface area contributed by atoms with Crippen molar-refractivity contribution in [1.82, 2.24) is 10.2 Å². The third-order valence-electron chi connectivity index (χ3n) is 6.02. The average Bonchev–Trinajstić information content (AvgIpc) is 2.85. The summed E-state index contributed by atoms with van der Waals surface area (Å²) in [5, 5.41) is 5.55. The first-order valence-corrected chi connectivity index (χ1v) is 10.6. The van der Waals surface area contributed by atoms with Crippen LogP contribution in [0.2, 0.25) is 0 Å². The summed E-state index contributed by atoms with van der Waals surface area (Å²) in [5.41, 5.74) is 1.40. The van der Waals surface area contributed by atoms with Gasteiger partial charge in [0.05, 0.1) is 0 Å². The van der Waals surface area contributed by atoms with E-state index in [2.05, 4.69) is 31.4 Å². The normalized spacial score (nSPS) is 24.8. The van der Waals surface area contributed by atoms with E-state index in [-0.39, 0.29) is 11.3 Å². The SMILES string of the molecule is Cc1cccc(C)c1NC(=O)COC(=O)CN1C(=O)N[C@]2(C[C@H](C)CC(C)(C)C2)C1=O. The highest BCUT2D eigenvalue weighted by molar-refractivity contribution is 6.09. The van der Waals surface area contributed by atoms with E-state index < -0.39 is 42.5 Å². The number of aryl methyl sites for hydroxylation is 2. The fourth-order valence-electron chi connectivity index (χ4n) is 5.16. The Kier molecular flexibility index (Phi) is 6.11. The van der Waals surface area contributed by atoms with Crippen molar-refractivity contribution in [3.8, 4) is 0 Å². The number of ether oxygens (including phenoxy) is 1. The minimum absolute atomic E-state index is 0.0943. The Morgan fingerprint density at radius 1 is 1.19 bits per heavy atom. The lowest BCUT2D eigenvalue weighted by Gasteiger charge is -2.43. The Hall–Kier alpha value is -2.90. The van der Waals surface area contributed by atoms with E-state index in [4.69, 9.17) is 4.74 Å². The first-order chi connectivity index (χ1) is 14.4. The van der Waals surface area contributed by atoms with Crippen molar-refractivity contribution < 1.29 is 23.9 Å². The van der Waals surface area contributed by atoms with Gasteiger partial charge in [0.25, 0.3) is 11.8 Å². The van der Waals surface area contributed by atoms with Crippen LogP contribution in [0.4, 0.5) is 10.5 Å². The molecule has 1 heterocycles. The van der Waals surface area contributed by atoms with Crippen LogP contribution in [-0.4, -0.2) is 47.4 Å². The maximum atomic E-state index is 13.1. The van der Waals surface area contributed by atoms with Crippen LogP contribution in [0.1, 0.15) is 51.2 Å². The topological polar surface area (TPSA) is 105 Å². The summed E-state index contributed by atoms with van der Waals surface area (Å²) in [4.78, 5) is 50.9. The van der Waals surface area contributed by atoms with Gasteiger partial charge in [-0.1, -0.05) is 39.0 Å². The van der Waals surface area contributed by atoms with Gasteiger partial charge < -0.3 is 15.4 Å². The summed E-state index contributed by atoms with van der Waals surface area (Å²) < 4.78 is 5.03. The molecule has 2 aliphatic rings. The molecule has 0 unspecified atom stereocenters. The smallest absolute Gasteiger partial charge is 0.326 e. The third kappa shape index (κ3) is 4.89. The monoisotopic (exact) mass is 429 g/mol. The molecule has 1 spiro atoms. The van der Waals surface area contributed by atoms with E-state index >= 15 is 0 Å². The molecule has 0 radical (unpaired) electrons. The molecule has 31 heavy (non-hydrogen) atoms. The number of hydrogen-bond acceptors (Lipinski definition) is 5. The molecular formula is C23H31N3O5. The molecular weight excluding hydrogens is 398 g/mol. The number of carbonyl (C=O) groups is 4. The predicted molar refractivity (Wildman–Crippen MR) is 115 cm³/mol. The molecule has 1 saturated heterocycles. The molecule has 0 aromatic heterocycles. The van der Waals surface area contributed by atoms with Gasteiger partial charge in [-0.15, -0.1) is 0 Å². The zero-order valence-electron chi connectivity index (χ0n) is 18.8. The molecule has 1 aliphatic carbocycles. The molecule has 2 N–H and O–H groups in total. The summed E-state index contributed by atoms with van der Waals surface area (Å²) in [6.45, 7) is 8.95. The van der Waals surface area contributed by atoms with Crippen LogP contribution in [0, 0.1) is 25.2 Å². The van der Waals surface area contributed by atoms with E-state index in [1.165, 1.54) is 0 Å². The maximum Gasteiger partial charge on any atom is 0.326 e. The number of amides is 4. The Balaban J connectivity index is 1.57. The standard InChI is InChI=1S/C23H31N3O5/c1-14-9-22(4,5)13-23(10-14)20(29)26(21(30)25-23)11-18(28)31-12-17(27)24-19-15(2)7-6-8-16(19)3/h6-8,14H,9-13H2,1-5H3,(H,24,27)(H,25,30)/t14-,23+/m1/s1. The lowest BCUT2D eigenvalue weighted by molar-refractivity contribution is -0.150. The van der Waals surface area contributed by atoms with E-state index in [0.29, 0.717) is 18.5 Å². The fourth-order valence-corrected chi connectivity index (χ4v) is 5.16. The van der Waals surface area contributed by atoms with E-state index in [0.717, 1.165) is 22.4 Å². The number of hydrogen-bond donors (Lipinski definition) is 2. The Labute approximate surface area is 182 Å². The molecule has 1 saturated carbocycles. The van der Waals surface area contributed by atoms with Crippen LogP contribution in [0.15, 0.2) is 18.2 Å². The van der Waals surface area contributed by atoms with Crippen molar-refractivity contribution in [3.05, 3.63) is 29.3 Å². The van der Waals surface area contributed by atoms with Crippen molar-refractivity contribution in [2.24, 2.45) is 11.3 Å². The molecule has 8 heteroatoms. The second kappa shape index (κ2) is 8.32. The number of urea groups is 1. The number of imide groups is 1. The van der Waals surface area contributed by atoms with Crippen molar-refractivity contribution in [2.75, 3.05) is 18.5 Å². The van der Waals surface area contributed by atoms with Gasteiger partial charge in [-0.2, -0.15) is 0 Å². The number of nitrogens with one attached hydrogen (secondary N) is 2. The summed E-state index contributed by atoms with van der Waals surface area (Å²) in [6, 6.07) is 5.04. The van der Waals surface area contributed by atoms with Crippen molar-refractivity contribution in [3.63, 3.8) is 0 Å². The van der Waals surface area contributed by atoms with Crippen LogP contribution in [0.5, 0.6) is 0 Å². The van der Waals surface area contributed by atoms with Crippen LogP contribution in [0.25, 0.3) is 0 Å². The Morgan fingerprint density at radius 2 is 1.84 bits per heavy atom. The first kappa shape index (κ1) is 22.8. The summed E-state index contributed by atoms with van der Waals surface area (Å²) in [7, 11) is 0. The zero-order chi connectivity index (χ0) is 23.0. The second-order valence-electron chi connectivity index (χ2n) is 9.73. The lowest BCUT2D eigenvalue weighted by Crippen LogP contribution is -2.54. The molecule has 1 aromatic rings. The minimum Gasteiger partial charge on any atom is -0.454 e. The van der Waals surface area contributed by atoms with Crippen LogP contribution in [-0.2, 0) is 19.1 Å². The van der Waals surface area contributed by atoms with Gasteiger partial charge in [0.15, 0.2) is 6.61 Å². The lowest BCUT2D eigenvalue weighted by atomic mass is 9.64. The number of para-hydroxylation sites is 1. The highest BCUT2D eigenvalue weighted by Crippen LogP contribution is 2.46. The van der Waals surface area contributed by atoms with Crippen molar-refractivity contribution >= 4 is 29.5 Å². The molecule has 1 aliphatic heterocycles. The van der Waals surface area contributed by atoms with Gasteiger partial charge in [-0.3, -0.25) is 19.3 Å². The second-order valence-corrected chi connectivity index (χ2v) is 9.73. The molecule has 8 nitrogen and oxygen atoms in total. The molecule has 2 atom stereocenters. The predicted octanol–water partition coefficient (Wildman–Crippen LogP) is 2.92. The first-order valence-electron chi connectivity index (χ1n) is 10.6. The van der Waals surface area contributed by atoms with Crippen LogP contribution in [0.3, 0.4) is 0 Å². The van der Waals surface area contributed by atoms with Crippen LogP contribution < -0.4 is 10.6 Å².